The van der Waals surface area contributed by atoms with E-state index < -0.39 is 22.5 Å². The van der Waals surface area contributed by atoms with Crippen LogP contribution in [0.5, 0.6) is 0 Å². The van der Waals surface area contributed by atoms with Crippen molar-refractivity contribution in [1.29, 1.82) is 0 Å². The van der Waals surface area contributed by atoms with Gasteiger partial charge in [-0.05, 0) is 0 Å². The summed E-state index contributed by atoms with van der Waals surface area (Å²) in [5.41, 5.74) is -0.0484. The molecular weight excluding hydrogens is 235 g/mol. The van der Waals surface area contributed by atoms with E-state index in [2.05, 4.69) is 0 Å². The molecule has 0 aromatic heterocycles. The zero-order valence-corrected chi connectivity index (χ0v) is 9.02. The highest BCUT2D eigenvalue weighted by Gasteiger charge is 2.36. The van der Waals surface area contributed by atoms with Crippen LogP contribution in [0.4, 0.5) is 10.1 Å². The number of alkyl halides is 1. The van der Waals surface area contributed by atoms with E-state index in [1.54, 1.807) is 0 Å². The Morgan fingerprint density at radius 2 is 1.94 bits per heavy atom. The standard InChI is InChI=1S/C9H9FN2O3S/c10-7-5-11(6-7)16(15)9-3-1-8(2-4-9)12(13)14/h1-4,7H,5-6H2. The second kappa shape index (κ2) is 4.36. The van der Waals surface area contributed by atoms with Crippen LogP contribution < -0.4 is 0 Å². The third kappa shape index (κ3) is 2.16. The zero-order chi connectivity index (χ0) is 11.7. The van der Waals surface area contributed by atoms with E-state index in [4.69, 9.17) is 0 Å². The predicted octanol–water partition coefficient (Wildman–Crippen LogP) is 1.27. The van der Waals surface area contributed by atoms with Crippen LogP contribution in [0.15, 0.2) is 29.2 Å². The van der Waals surface area contributed by atoms with Gasteiger partial charge in [0.1, 0.15) is 6.17 Å². The molecule has 1 atom stereocenters. The minimum atomic E-state index is -1.41. The molecule has 0 amide bonds. The lowest BCUT2D eigenvalue weighted by molar-refractivity contribution is -0.384. The van der Waals surface area contributed by atoms with E-state index >= 15 is 0 Å². The third-order valence-corrected chi connectivity index (χ3v) is 3.73. The second-order valence-electron chi connectivity index (χ2n) is 3.44. The molecule has 0 saturated carbocycles. The molecule has 7 heteroatoms. The van der Waals surface area contributed by atoms with Gasteiger partial charge in [-0.3, -0.25) is 10.1 Å². The Bertz CT molecular complexity index is 394. The molecule has 86 valence electrons. The molecular formula is C9H9FN2O3S. The van der Waals surface area contributed by atoms with Crippen LogP contribution in [0.3, 0.4) is 0 Å². The van der Waals surface area contributed by atoms with Crippen molar-refractivity contribution in [2.24, 2.45) is 0 Å². The van der Waals surface area contributed by atoms with Gasteiger partial charge in [-0.1, -0.05) is 0 Å². The normalized spacial score (nSPS) is 19.1. The van der Waals surface area contributed by atoms with Gasteiger partial charge < -0.3 is 4.55 Å². The largest absolute Gasteiger partial charge is 0.593 e. The number of halogens is 1. The number of hydrogen-bond donors (Lipinski definition) is 0. The Morgan fingerprint density at radius 1 is 1.38 bits per heavy atom. The third-order valence-electron chi connectivity index (χ3n) is 2.29. The van der Waals surface area contributed by atoms with Crippen molar-refractivity contribution >= 4 is 17.0 Å². The van der Waals surface area contributed by atoms with E-state index in [1.807, 2.05) is 0 Å². The Labute approximate surface area is 94.3 Å². The van der Waals surface area contributed by atoms with E-state index in [1.165, 1.54) is 28.6 Å². The van der Waals surface area contributed by atoms with Gasteiger partial charge in [0.15, 0.2) is 4.90 Å². The summed E-state index contributed by atoms with van der Waals surface area (Å²) >= 11 is -1.41. The second-order valence-corrected chi connectivity index (χ2v) is 4.93. The van der Waals surface area contributed by atoms with Crippen LogP contribution in [0.2, 0.25) is 0 Å². The first-order valence-corrected chi connectivity index (χ1v) is 5.74. The van der Waals surface area contributed by atoms with Crippen molar-refractivity contribution in [1.82, 2.24) is 4.31 Å². The van der Waals surface area contributed by atoms with E-state index in [-0.39, 0.29) is 18.8 Å². The lowest BCUT2D eigenvalue weighted by atomic mass is 10.3. The highest BCUT2D eigenvalue weighted by atomic mass is 32.2. The van der Waals surface area contributed by atoms with Crippen LogP contribution in [-0.2, 0) is 11.4 Å². The molecule has 2 rings (SSSR count). The molecule has 1 fully saturated rings. The molecule has 0 N–H and O–H groups in total. The molecule has 1 saturated heterocycles. The number of non-ortho nitro benzene ring substituents is 1. The first-order valence-electron chi connectivity index (χ1n) is 4.63. The van der Waals surface area contributed by atoms with Gasteiger partial charge in [-0.2, -0.15) is 0 Å². The highest BCUT2D eigenvalue weighted by molar-refractivity contribution is 7.89. The molecule has 0 radical (unpaired) electrons. The smallest absolute Gasteiger partial charge is 0.269 e. The fourth-order valence-corrected chi connectivity index (χ4v) is 2.62. The number of rotatable bonds is 3. The molecule has 0 bridgehead atoms. The fourth-order valence-electron chi connectivity index (χ4n) is 1.36. The minimum Gasteiger partial charge on any atom is -0.593 e. The summed E-state index contributed by atoms with van der Waals surface area (Å²) in [5.74, 6) is 0. The molecule has 1 unspecified atom stereocenters. The van der Waals surface area contributed by atoms with E-state index in [9.17, 15) is 19.1 Å². The Kier molecular flexibility index (Phi) is 3.08. The summed E-state index contributed by atoms with van der Waals surface area (Å²) in [6, 6.07) is 5.44. The summed E-state index contributed by atoms with van der Waals surface area (Å²) in [6.07, 6.45) is -0.915. The van der Waals surface area contributed by atoms with Crippen molar-refractivity contribution < 1.29 is 13.9 Å². The van der Waals surface area contributed by atoms with Crippen LogP contribution in [-0.4, -0.2) is 33.0 Å². The first kappa shape index (κ1) is 11.3. The molecule has 0 aliphatic carbocycles. The number of nitrogens with zero attached hydrogens (tertiary/aromatic N) is 2. The average Bonchev–Trinajstić information content (AvgIpc) is 2.24. The maximum absolute atomic E-state index is 12.5. The number of benzene rings is 1. The van der Waals surface area contributed by atoms with Crippen molar-refractivity contribution in [2.45, 2.75) is 11.1 Å². The molecule has 1 aromatic carbocycles. The van der Waals surface area contributed by atoms with Gasteiger partial charge in [0.05, 0.1) is 29.4 Å². The predicted molar refractivity (Wildman–Crippen MR) is 56.0 cm³/mol. The van der Waals surface area contributed by atoms with Crippen molar-refractivity contribution in [3.63, 3.8) is 0 Å². The van der Waals surface area contributed by atoms with Crippen LogP contribution in [0.1, 0.15) is 0 Å². The number of nitro benzene ring substituents is 1. The lowest BCUT2D eigenvalue weighted by Gasteiger charge is -2.33. The van der Waals surface area contributed by atoms with E-state index in [0.717, 1.165) is 0 Å². The van der Waals surface area contributed by atoms with Crippen LogP contribution in [0, 0.1) is 10.1 Å². The topological polar surface area (TPSA) is 69.4 Å². The number of nitro groups is 1. The monoisotopic (exact) mass is 244 g/mol. The molecule has 1 aliphatic heterocycles. The summed E-state index contributed by atoms with van der Waals surface area (Å²) in [5, 5.41) is 10.4. The maximum atomic E-state index is 12.5. The average molecular weight is 244 g/mol. The maximum Gasteiger partial charge on any atom is 0.269 e. The van der Waals surface area contributed by atoms with Crippen molar-refractivity contribution in [3.8, 4) is 0 Å². The summed E-state index contributed by atoms with van der Waals surface area (Å²) < 4.78 is 25.8. The number of hydrogen-bond acceptors (Lipinski definition) is 4. The summed E-state index contributed by atoms with van der Waals surface area (Å²) in [7, 11) is 0. The van der Waals surface area contributed by atoms with Gasteiger partial charge in [0.2, 0.25) is 0 Å². The van der Waals surface area contributed by atoms with Gasteiger partial charge in [0.25, 0.3) is 5.69 Å². The zero-order valence-electron chi connectivity index (χ0n) is 8.21. The quantitative estimate of drug-likeness (QED) is 0.456. The summed E-state index contributed by atoms with van der Waals surface area (Å²) in [6.45, 7) is 0.313. The Hall–Kier alpha value is -1.18. The van der Waals surface area contributed by atoms with Crippen LogP contribution in [0.25, 0.3) is 0 Å². The lowest BCUT2D eigenvalue weighted by Crippen LogP contribution is -2.51. The van der Waals surface area contributed by atoms with Gasteiger partial charge >= 0.3 is 0 Å². The molecule has 1 heterocycles. The van der Waals surface area contributed by atoms with Gasteiger partial charge in [-0.25, -0.2) is 4.39 Å². The molecule has 0 spiro atoms. The Morgan fingerprint density at radius 3 is 2.38 bits per heavy atom. The Balaban J connectivity index is 2.06. The molecule has 5 nitrogen and oxygen atoms in total. The van der Waals surface area contributed by atoms with Crippen molar-refractivity contribution in [3.05, 3.63) is 34.4 Å². The highest BCUT2D eigenvalue weighted by Crippen LogP contribution is 2.24. The van der Waals surface area contributed by atoms with Gasteiger partial charge in [-0.15, -0.1) is 4.31 Å². The van der Waals surface area contributed by atoms with Crippen LogP contribution >= 0.6 is 0 Å². The van der Waals surface area contributed by atoms with Crippen molar-refractivity contribution in [2.75, 3.05) is 13.1 Å². The molecule has 16 heavy (non-hydrogen) atoms. The molecule has 1 aromatic rings. The summed E-state index contributed by atoms with van der Waals surface area (Å²) in [4.78, 5) is 10.3. The molecule has 1 aliphatic rings. The SMILES string of the molecule is O=[N+]([O-])c1ccc([S+]([O-])N2CC(F)C2)cc1. The first-order chi connectivity index (χ1) is 7.58. The minimum absolute atomic E-state index is 0.0484. The van der Waals surface area contributed by atoms with Gasteiger partial charge in [0, 0.05) is 24.3 Å². The van der Waals surface area contributed by atoms with E-state index in [0.29, 0.717) is 4.90 Å². The fraction of sp³-hybridized carbons (Fsp3) is 0.333.